The molecule has 0 radical (unpaired) electrons. The molecule has 0 spiro atoms. The zero-order chi connectivity index (χ0) is 16.3. The molecule has 22 heavy (non-hydrogen) atoms. The first kappa shape index (κ1) is 16.0. The van der Waals surface area contributed by atoms with Crippen LogP contribution in [-0.2, 0) is 11.3 Å². The van der Waals surface area contributed by atoms with E-state index in [-0.39, 0.29) is 0 Å². The van der Waals surface area contributed by atoms with Gasteiger partial charge in [0.25, 0.3) is 5.91 Å². The molecule has 116 valence electrons. The van der Waals surface area contributed by atoms with Crippen molar-refractivity contribution in [3.05, 3.63) is 51.8 Å². The van der Waals surface area contributed by atoms with E-state index in [9.17, 15) is 9.59 Å². The normalized spacial score (nSPS) is 10.5. The zero-order valence-electron chi connectivity index (χ0n) is 12.3. The van der Waals surface area contributed by atoms with E-state index in [0.717, 1.165) is 5.56 Å². The summed E-state index contributed by atoms with van der Waals surface area (Å²) in [6.07, 6.45) is 0. The number of carboxylic acid groups (broad SMARTS) is 1. The first-order chi connectivity index (χ1) is 10.4. The van der Waals surface area contributed by atoms with Gasteiger partial charge in [0.1, 0.15) is 6.54 Å². The fourth-order valence-corrected chi connectivity index (χ4v) is 2.41. The minimum Gasteiger partial charge on any atom is -0.480 e. The summed E-state index contributed by atoms with van der Waals surface area (Å²) >= 11 is 6.13. The standard InChI is InChI=1S/C15H16ClN3O3/c1-9-14(15(22)17-7-13(20)21)10(2)19(18-9)8-11-5-3-4-6-12(11)16/h3-6H,7-8H2,1-2H3,(H,17,22)(H,20,21). The number of aromatic nitrogens is 2. The summed E-state index contributed by atoms with van der Waals surface area (Å²) in [7, 11) is 0. The summed E-state index contributed by atoms with van der Waals surface area (Å²) in [5.74, 6) is -1.53. The number of carbonyl (C=O) groups is 2. The number of aliphatic carboxylic acids is 1. The number of halogens is 1. The highest BCUT2D eigenvalue weighted by Crippen LogP contribution is 2.19. The van der Waals surface area contributed by atoms with Gasteiger partial charge in [-0.05, 0) is 25.5 Å². The molecule has 0 aliphatic rings. The van der Waals surface area contributed by atoms with E-state index in [1.165, 1.54) is 0 Å². The van der Waals surface area contributed by atoms with Crippen LogP contribution in [0.2, 0.25) is 5.02 Å². The van der Waals surface area contributed by atoms with Gasteiger partial charge in [-0.3, -0.25) is 14.3 Å². The predicted octanol–water partition coefficient (Wildman–Crippen LogP) is 2.02. The van der Waals surface area contributed by atoms with Crippen molar-refractivity contribution < 1.29 is 14.7 Å². The highest BCUT2D eigenvalue weighted by Gasteiger charge is 2.19. The summed E-state index contributed by atoms with van der Waals surface area (Å²) in [5.41, 5.74) is 2.51. The second-order valence-electron chi connectivity index (χ2n) is 4.87. The summed E-state index contributed by atoms with van der Waals surface area (Å²) < 4.78 is 1.69. The predicted molar refractivity (Wildman–Crippen MR) is 82.2 cm³/mol. The van der Waals surface area contributed by atoms with Crippen LogP contribution < -0.4 is 5.32 Å². The molecular weight excluding hydrogens is 306 g/mol. The average molecular weight is 322 g/mol. The molecule has 0 atom stereocenters. The first-order valence-corrected chi connectivity index (χ1v) is 7.05. The Bertz CT molecular complexity index is 725. The summed E-state index contributed by atoms with van der Waals surface area (Å²) in [4.78, 5) is 22.6. The van der Waals surface area contributed by atoms with Crippen molar-refractivity contribution in [2.45, 2.75) is 20.4 Å². The molecule has 0 aliphatic carbocycles. The lowest BCUT2D eigenvalue weighted by Gasteiger charge is -2.07. The Morgan fingerprint density at radius 3 is 2.64 bits per heavy atom. The van der Waals surface area contributed by atoms with E-state index in [0.29, 0.717) is 28.5 Å². The third-order valence-electron chi connectivity index (χ3n) is 3.29. The van der Waals surface area contributed by atoms with Crippen LogP contribution in [0.1, 0.15) is 27.3 Å². The van der Waals surface area contributed by atoms with Crippen molar-refractivity contribution >= 4 is 23.5 Å². The molecule has 1 aromatic heterocycles. The molecule has 0 fully saturated rings. The third kappa shape index (κ3) is 3.46. The summed E-state index contributed by atoms with van der Waals surface area (Å²) in [6, 6.07) is 7.41. The zero-order valence-corrected chi connectivity index (χ0v) is 13.0. The molecule has 0 saturated heterocycles. The fraction of sp³-hybridized carbons (Fsp3) is 0.267. The van der Waals surface area contributed by atoms with Crippen LogP contribution in [0.3, 0.4) is 0 Å². The van der Waals surface area contributed by atoms with Gasteiger partial charge in [-0.2, -0.15) is 5.10 Å². The van der Waals surface area contributed by atoms with E-state index in [4.69, 9.17) is 16.7 Å². The lowest BCUT2D eigenvalue weighted by Crippen LogP contribution is -2.30. The smallest absolute Gasteiger partial charge is 0.322 e. The van der Waals surface area contributed by atoms with E-state index in [1.807, 2.05) is 18.2 Å². The van der Waals surface area contributed by atoms with Crippen LogP contribution in [0.5, 0.6) is 0 Å². The van der Waals surface area contributed by atoms with Crippen molar-refractivity contribution in [1.82, 2.24) is 15.1 Å². The van der Waals surface area contributed by atoms with Crippen LogP contribution >= 0.6 is 11.6 Å². The Balaban J connectivity index is 2.25. The Morgan fingerprint density at radius 2 is 2.00 bits per heavy atom. The third-order valence-corrected chi connectivity index (χ3v) is 3.66. The maximum absolute atomic E-state index is 12.1. The van der Waals surface area contributed by atoms with Crippen molar-refractivity contribution in [1.29, 1.82) is 0 Å². The topological polar surface area (TPSA) is 84.2 Å². The molecule has 2 aromatic rings. The van der Waals surface area contributed by atoms with E-state index >= 15 is 0 Å². The minimum absolute atomic E-state index is 0.397. The molecule has 1 aromatic carbocycles. The van der Waals surface area contributed by atoms with E-state index in [2.05, 4.69) is 10.4 Å². The summed E-state index contributed by atoms with van der Waals surface area (Å²) in [5, 5.41) is 16.0. The maximum Gasteiger partial charge on any atom is 0.322 e. The maximum atomic E-state index is 12.1. The van der Waals surface area contributed by atoms with Crippen LogP contribution in [-0.4, -0.2) is 33.3 Å². The number of carboxylic acids is 1. The number of benzene rings is 1. The van der Waals surface area contributed by atoms with Crippen molar-refractivity contribution in [2.24, 2.45) is 0 Å². The van der Waals surface area contributed by atoms with Gasteiger partial charge < -0.3 is 10.4 Å². The molecular formula is C15H16ClN3O3. The van der Waals surface area contributed by atoms with E-state index < -0.39 is 18.4 Å². The number of nitrogens with zero attached hydrogens (tertiary/aromatic N) is 2. The molecule has 0 aliphatic heterocycles. The number of rotatable bonds is 5. The molecule has 7 heteroatoms. The van der Waals surface area contributed by atoms with Crippen LogP contribution in [0.15, 0.2) is 24.3 Å². The highest BCUT2D eigenvalue weighted by atomic mass is 35.5. The number of hydrogen-bond acceptors (Lipinski definition) is 3. The van der Waals surface area contributed by atoms with Crippen LogP contribution in [0, 0.1) is 13.8 Å². The number of amides is 1. The minimum atomic E-state index is -1.09. The Kier molecular flexibility index (Phi) is 4.82. The number of aryl methyl sites for hydroxylation is 1. The van der Waals surface area contributed by atoms with Gasteiger partial charge in [0.2, 0.25) is 0 Å². The lowest BCUT2D eigenvalue weighted by molar-refractivity contribution is -0.135. The molecule has 0 bridgehead atoms. The molecule has 6 nitrogen and oxygen atoms in total. The Morgan fingerprint density at radius 1 is 1.32 bits per heavy atom. The van der Waals surface area contributed by atoms with Crippen molar-refractivity contribution in [3.8, 4) is 0 Å². The van der Waals surface area contributed by atoms with Gasteiger partial charge in [-0.25, -0.2) is 0 Å². The van der Waals surface area contributed by atoms with Crippen LogP contribution in [0.25, 0.3) is 0 Å². The monoisotopic (exact) mass is 321 g/mol. The molecule has 0 unspecified atom stereocenters. The molecule has 0 saturated carbocycles. The number of nitrogens with one attached hydrogen (secondary N) is 1. The molecule has 1 amide bonds. The van der Waals surface area contributed by atoms with Crippen molar-refractivity contribution in [3.63, 3.8) is 0 Å². The van der Waals surface area contributed by atoms with Gasteiger partial charge >= 0.3 is 5.97 Å². The van der Waals surface area contributed by atoms with Gasteiger partial charge in [0, 0.05) is 10.7 Å². The largest absolute Gasteiger partial charge is 0.480 e. The van der Waals surface area contributed by atoms with Crippen molar-refractivity contribution in [2.75, 3.05) is 6.54 Å². The highest BCUT2D eigenvalue weighted by molar-refractivity contribution is 6.31. The Hall–Kier alpha value is -2.34. The lowest BCUT2D eigenvalue weighted by atomic mass is 10.1. The number of hydrogen-bond donors (Lipinski definition) is 2. The van der Waals surface area contributed by atoms with Gasteiger partial charge in [-0.1, -0.05) is 29.8 Å². The second kappa shape index (κ2) is 6.62. The fourth-order valence-electron chi connectivity index (χ4n) is 2.21. The summed E-state index contributed by atoms with van der Waals surface area (Å²) in [6.45, 7) is 3.50. The molecule has 2 rings (SSSR count). The second-order valence-corrected chi connectivity index (χ2v) is 5.28. The van der Waals surface area contributed by atoms with Gasteiger partial charge in [0.05, 0.1) is 17.8 Å². The van der Waals surface area contributed by atoms with Gasteiger partial charge in [-0.15, -0.1) is 0 Å². The van der Waals surface area contributed by atoms with E-state index in [1.54, 1.807) is 24.6 Å². The van der Waals surface area contributed by atoms with Gasteiger partial charge in [0.15, 0.2) is 0 Å². The average Bonchev–Trinajstić information content (AvgIpc) is 2.73. The van der Waals surface area contributed by atoms with Crippen LogP contribution in [0.4, 0.5) is 0 Å². The quantitative estimate of drug-likeness (QED) is 0.882. The SMILES string of the molecule is Cc1nn(Cc2ccccc2Cl)c(C)c1C(=O)NCC(=O)O. The first-order valence-electron chi connectivity index (χ1n) is 6.67. The molecule has 1 heterocycles. The Labute approximate surface area is 132 Å². The molecule has 2 N–H and O–H groups in total. The number of carbonyl (C=O) groups excluding carboxylic acids is 1.